The van der Waals surface area contributed by atoms with Crippen molar-refractivity contribution in [3.63, 3.8) is 0 Å². The highest BCUT2D eigenvalue weighted by molar-refractivity contribution is 7.91. The summed E-state index contributed by atoms with van der Waals surface area (Å²) >= 11 is 1.74. The molecule has 0 spiro atoms. The first-order valence-corrected chi connectivity index (χ1v) is 9.76. The minimum atomic E-state index is -3.11. The topological polar surface area (TPSA) is 46.2 Å². The Hall–Kier alpha value is -1.17. The van der Waals surface area contributed by atoms with Crippen molar-refractivity contribution >= 4 is 21.2 Å². The molecule has 3 nitrogen and oxygen atoms in total. The van der Waals surface area contributed by atoms with Gasteiger partial charge in [-0.3, -0.25) is 0 Å². The van der Waals surface area contributed by atoms with E-state index in [1.54, 1.807) is 23.5 Å². The number of hydrogen-bond acceptors (Lipinski definition) is 4. The Kier molecular flexibility index (Phi) is 4.15. The van der Waals surface area contributed by atoms with E-state index in [2.05, 4.69) is 29.8 Å². The highest BCUT2D eigenvalue weighted by Crippen LogP contribution is 2.34. The average Bonchev–Trinajstić information content (AvgIpc) is 3.01. The molecular formula is C16H19NO2S2. The maximum absolute atomic E-state index is 12.2. The zero-order valence-electron chi connectivity index (χ0n) is 12.0. The highest BCUT2D eigenvalue weighted by Gasteiger charge is 2.31. The molecule has 0 radical (unpaired) electrons. The van der Waals surface area contributed by atoms with E-state index in [0.717, 1.165) is 12.0 Å². The van der Waals surface area contributed by atoms with Gasteiger partial charge in [0.15, 0.2) is 9.84 Å². The molecule has 1 aliphatic rings. The second kappa shape index (κ2) is 5.91. The first kappa shape index (κ1) is 14.8. The van der Waals surface area contributed by atoms with E-state index >= 15 is 0 Å². The summed E-state index contributed by atoms with van der Waals surface area (Å²) in [4.78, 5) is 1.80. The van der Waals surface area contributed by atoms with E-state index in [0.29, 0.717) is 11.3 Å². The first-order chi connectivity index (χ1) is 10.1. The predicted molar refractivity (Wildman–Crippen MR) is 86.3 cm³/mol. The molecule has 1 N–H and O–H groups in total. The van der Waals surface area contributed by atoms with Gasteiger partial charge in [-0.15, -0.1) is 11.3 Å². The lowest BCUT2D eigenvalue weighted by molar-refractivity contribution is 0.419. The van der Waals surface area contributed by atoms with Gasteiger partial charge >= 0.3 is 0 Å². The van der Waals surface area contributed by atoms with Crippen molar-refractivity contribution in [3.05, 3.63) is 52.2 Å². The molecule has 1 aromatic heterocycles. The second-order valence-electron chi connectivity index (χ2n) is 5.34. The van der Waals surface area contributed by atoms with Crippen molar-refractivity contribution in [1.29, 1.82) is 0 Å². The third-order valence-electron chi connectivity index (χ3n) is 4.00. The Labute approximate surface area is 129 Å². The lowest BCUT2D eigenvalue weighted by Crippen LogP contribution is -2.32. The molecular weight excluding hydrogens is 302 g/mol. The highest BCUT2D eigenvalue weighted by atomic mass is 32.2. The molecule has 21 heavy (non-hydrogen) atoms. The van der Waals surface area contributed by atoms with E-state index in [4.69, 9.17) is 0 Å². The molecule has 0 saturated carbocycles. The van der Waals surface area contributed by atoms with Crippen molar-refractivity contribution < 1.29 is 8.42 Å². The van der Waals surface area contributed by atoms with Gasteiger partial charge in [0.25, 0.3) is 0 Å². The van der Waals surface area contributed by atoms with Gasteiger partial charge in [-0.25, -0.2) is 8.42 Å². The first-order valence-electron chi connectivity index (χ1n) is 7.23. The van der Waals surface area contributed by atoms with Crippen molar-refractivity contribution in [3.8, 4) is 0 Å². The van der Waals surface area contributed by atoms with Crippen LogP contribution in [0.3, 0.4) is 0 Å². The molecule has 2 atom stereocenters. The van der Waals surface area contributed by atoms with Crippen LogP contribution in [0.1, 0.15) is 42.3 Å². The Bertz CT molecular complexity index is 708. The van der Waals surface area contributed by atoms with Crippen LogP contribution >= 0.6 is 11.3 Å². The van der Waals surface area contributed by atoms with E-state index < -0.39 is 9.84 Å². The van der Waals surface area contributed by atoms with Crippen LogP contribution in [0.25, 0.3) is 0 Å². The van der Waals surface area contributed by atoms with E-state index in [1.165, 1.54) is 4.88 Å². The fourth-order valence-electron chi connectivity index (χ4n) is 2.90. The molecule has 112 valence electrons. The monoisotopic (exact) mass is 321 g/mol. The summed E-state index contributed by atoms with van der Waals surface area (Å²) in [6, 6.07) is 12.0. The number of benzene rings is 1. The van der Waals surface area contributed by atoms with Gasteiger partial charge in [-0.1, -0.05) is 31.2 Å². The van der Waals surface area contributed by atoms with Gasteiger partial charge in [0.05, 0.1) is 10.6 Å². The molecule has 1 aromatic carbocycles. The second-order valence-corrected chi connectivity index (χ2v) is 8.40. The fourth-order valence-corrected chi connectivity index (χ4v) is 5.39. The summed E-state index contributed by atoms with van der Waals surface area (Å²) in [5.74, 6) is 0.225. The maximum Gasteiger partial charge on any atom is 0.178 e. The van der Waals surface area contributed by atoms with Crippen LogP contribution in [0.5, 0.6) is 0 Å². The van der Waals surface area contributed by atoms with Crippen LogP contribution < -0.4 is 5.32 Å². The van der Waals surface area contributed by atoms with Crippen LogP contribution in [0.15, 0.2) is 46.7 Å². The van der Waals surface area contributed by atoms with Gasteiger partial charge < -0.3 is 5.32 Å². The van der Waals surface area contributed by atoms with Gasteiger partial charge in [0, 0.05) is 17.0 Å². The Morgan fingerprint density at radius 2 is 2.10 bits per heavy atom. The summed E-state index contributed by atoms with van der Waals surface area (Å²) in [5, 5.41) is 5.73. The van der Waals surface area contributed by atoms with Crippen LogP contribution in [0.4, 0.5) is 0 Å². The standard InChI is InChI=1S/C16H19NO2S2/c1-2-13(15-7-5-10-20-15)17-14-9-11-21(18,19)16-8-4-3-6-12(14)16/h3-8,10,13-14,17H,2,9,11H2,1H3. The zero-order valence-corrected chi connectivity index (χ0v) is 13.6. The van der Waals surface area contributed by atoms with Crippen molar-refractivity contribution in [2.75, 3.05) is 5.75 Å². The third kappa shape index (κ3) is 2.91. The molecule has 2 heterocycles. The fraction of sp³-hybridized carbons (Fsp3) is 0.375. The van der Waals surface area contributed by atoms with Gasteiger partial charge in [0.1, 0.15) is 0 Å². The quantitative estimate of drug-likeness (QED) is 0.934. The van der Waals surface area contributed by atoms with Crippen LogP contribution in [-0.4, -0.2) is 14.2 Å². The third-order valence-corrected chi connectivity index (χ3v) is 6.80. The predicted octanol–water partition coefficient (Wildman–Crippen LogP) is 3.71. The number of hydrogen-bond donors (Lipinski definition) is 1. The molecule has 3 rings (SSSR count). The molecule has 0 saturated heterocycles. The molecule has 0 bridgehead atoms. The summed E-state index contributed by atoms with van der Waals surface area (Å²) in [6.45, 7) is 2.16. The average molecular weight is 321 g/mol. The summed E-state index contributed by atoms with van der Waals surface area (Å²) in [6.07, 6.45) is 1.63. The van der Waals surface area contributed by atoms with Gasteiger partial charge in [-0.2, -0.15) is 0 Å². The number of sulfone groups is 1. The van der Waals surface area contributed by atoms with Crippen molar-refractivity contribution in [2.24, 2.45) is 0 Å². The summed E-state index contributed by atoms with van der Waals surface area (Å²) in [5.41, 5.74) is 0.916. The molecule has 2 unspecified atom stereocenters. The minimum Gasteiger partial charge on any atom is -0.302 e. The van der Waals surface area contributed by atoms with Gasteiger partial charge in [-0.05, 0) is 35.9 Å². The SMILES string of the molecule is CCC(NC1CCS(=O)(=O)c2ccccc21)c1cccs1. The number of rotatable bonds is 4. The largest absolute Gasteiger partial charge is 0.302 e. The Morgan fingerprint density at radius 3 is 2.81 bits per heavy atom. The van der Waals surface area contributed by atoms with Crippen LogP contribution in [-0.2, 0) is 9.84 Å². The number of nitrogens with one attached hydrogen (secondary N) is 1. The molecule has 0 aliphatic carbocycles. The van der Waals surface area contributed by atoms with E-state index in [1.807, 2.05) is 12.1 Å². The maximum atomic E-state index is 12.2. The Morgan fingerprint density at radius 1 is 1.29 bits per heavy atom. The molecule has 2 aromatic rings. The van der Waals surface area contributed by atoms with E-state index in [9.17, 15) is 8.42 Å². The molecule has 0 amide bonds. The number of fused-ring (bicyclic) bond motifs is 1. The van der Waals surface area contributed by atoms with Crippen molar-refractivity contribution in [2.45, 2.75) is 36.7 Å². The summed E-state index contributed by atoms with van der Waals surface area (Å²) < 4.78 is 24.4. The lowest BCUT2D eigenvalue weighted by Gasteiger charge is -2.29. The minimum absolute atomic E-state index is 0.108. The summed E-state index contributed by atoms with van der Waals surface area (Å²) in [7, 11) is -3.11. The van der Waals surface area contributed by atoms with Gasteiger partial charge in [0.2, 0.25) is 0 Å². The Balaban J connectivity index is 1.90. The van der Waals surface area contributed by atoms with E-state index in [-0.39, 0.29) is 17.8 Å². The zero-order chi connectivity index (χ0) is 14.9. The molecule has 0 fully saturated rings. The van der Waals surface area contributed by atoms with Crippen LogP contribution in [0, 0.1) is 0 Å². The van der Waals surface area contributed by atoms with Crippen LogP contribution in [0.2, 0.25) is 0 Å². The number of thiophene rings is 1. The molecule has 5 heteroatoms. The van der Waals surface area contributed by atoms with Crippen molar-refractivity contribution in [1.82, 2.24) is 5.32 Å². The molecule has 1 aliphatic heterocycles. The smallest absolute Gasteiger partial charge is 0.178 e. The lowest BCUT2D eigenvalue weighted by atomic mass is 10.0. The normalized spacial score (nSPS) is 21.7.